The first kappa shape index (κ1) is 15.5. The van der Waals surface area contributed by atoms with Crippen LogP contribution in [-0.2, 0) is 6.54 Å². The number of rotatable bonds is 4. The first-order chi connectivity index (χ1) is 10.0. The fourth-order valence-corrected chi connectivity index (χ4v) is 2.20. The van der Waals surface area contributed by atoms with Crippen molar-refractivity contribution >= 4 is 23.0 Å². The summed E-state index contributed by atoms with van der Waals surface area (Å²) < 4.78 is 0. The van der Waals surface area contributed by atoms with Gasteiger partial charge in [0.1, 0.15) is 0 Å². The maximum absolute atomic E-state index is 5.32. The van der Waals surface area contributed by atoms with Crippen LogP contribution in [0.25, 0.3) is 0 Å². The van der Waals surface area contributed by atoms with E-state index in [1.54, 1.807) is 0 Å². The molecular weight excluding hydrogens is 276 g/mol. The molecule has 0 unspecified atom stereocenters. The number of aryl methyl sites for hydroxylation is 1. The van der Waals surface area contributed by atoms with Gasteiger partial charge in [0.2, 0.25) is 0 Å². The third-order valence-electron chi connectivity index (χ3n) is 3.41. The SMILES string of the molecule is Cc1ccc(CNC(=S)Nc2ccc(C(C)C)cc2)cc1. The second-order valence-electron chi connectivity index (χ2n) is 5.57. The summed E-state index contributed by atoms with van der Waals surface area (Å²) in [5.74, 6) is 0.547. The number of hydrogen-bond acceptors (Lipinski definition) is 1. The predicted octanol–water partition coefficient (Wildman–Crippen LogP) is 4.61. The summed E-state index contributed by atoms with van der Waals surface area (Å²) in [4.78, 5) is 0. The molecule has 2 nitrogen and oxygen atoms in total. The first-order valence-corrected chi connectivity index (χ1v) is 7.66. The van der Waals surface area contributed by atoms with Gasteiger partial charge >= 0.3 is 0 Å². The van der Waals surface area contributed by atoms with Crippen molar-refractivity contribution in [2.75, 3.05) is 5.32 Å². The molecule has 0 heterocycles. The van der Waals surface area contributed by atoms with E-state index in [1.807, 2.05) is 0 Å². The molecule has 0 aromatic heterocycles. The van der Waals surface area contributed by atoms with Crippen LogP contribution in [0.2, 0.25) is 0 Å². The lowest BCUT2D eigenvalue weighted by Crippen LogP contribution is -2.27. The number of benzene rings is 2. The molecule has 0 saturated carbocycles. The third-order valence-corrected chi connectivity index (χ3v) is 3.66. The van der Waals surface area contributed by atoms with Gasteiger partial charge in [0.25, 0.3) is 0 Å². The lowest BCUT2D eigenvalue weighted by atomic mass is 10.0. The lowest BCUT2D eigenvalue weighted by Gasteiger charge is -2.12. The normalized spacial score (nSPS) is 10.5. The van der Waals surface area contributed by atoms with Crippen molar-refractivity contribution < 1.29 is 0 Å². The second-order valence-corrected chi connectivity index (χ2v) is 5.98. The van der Waals surface area contributed by atoms with Crippen molar-refractivity contribution in [2.24, 2.45) is 0 Å². The quantitative estimate of drug-likeness (QED) is 0.806. The molecular formula is C18H22N2S. The van der Waals surface area contributed by atoms with Gasteiger partial charge in [-0.05, 0) is 48.3 Å². The first-order valence-electron chi connectivity index (χ1n) is 7.25. The highest BCUT2D eigenvalue weighted by atomic mass is 32.1. The van der Waals surface area contributed by atoms with E-state index < -0.39 is 0 Å². The summed E-state index contributed by atoms with van der Waals surface area (Å²) in [6.45, 7) is 7.20. The van der Waals surface area contributed by atoms with E-state index in [9.17, 15) is 0 Å². The summed E-state index contributed by atoms with van der Waals surface area (Å²) in [6, 6.07) is 16.8. The van der Waals surface area contributed by atoms with Crippen molar-refractivity contribution in [3.05, 3.63) is 65.2 Å². The molecule has 0 saturated heterocycles. The van der Waals surface area contributed by atoms with Gasteiger partial charge in [0, 0.05) is 12.2 Å². The molecule has 0 aliphatic rings. The molecule has 2 aromatic carbocycles. The highest BCUT2D eigenvalue weighted by Crippen LogP contribution is 2.17. The van der Waals surface area contributed by atoms with E-state index in [4.69, 9.17) is 12.2 Å². The van der Waals surface area contributed by atoms with Crippen molar-refractivity contribution in [3.63, 3.8) is 0 Å². The molecule has 0 atom stereocenters. The Morgan fingerprint density at radius 3 is 2.19 bits per heavy atom. The maximum atomic E-state index is 5.32. The monoisotopic (exact) mass is 298 g/mol. The minimum Gasteiger partial charge on any atom is -0.358 e. The van der Waals surface area contributed by atoms with E-state index in [2.05, 4.69) is 79.9 Å². The van der Waals surface area contributed by atoms with Crippen LogP contribution in [0.15, 0.2) is 48.5 Å². The van der Waals surface area contributed by atoms with E-state index in [0.717, 1.165) is 12.2 Å². The van der Waals surface area contributed by atoms with Gasteiger partial charge in [-0.1, -0.05) is 55.8 Å². The van der Waals surface area contributed by atoms with Gasteiger partial charge in [0.05, 0.1) is 0 Å². The Labute approximate surface area is 132 Å². The molecule has 110 valence electrons. The van der Waals surface area contributed by atoms with Crippen LogP contribution in [-0.4, -0.2) is 5.11 Å². The van der Waals surface area contributed by atoms with Crippen molar-refractivity contribution in [1.29, 1.82) is 0 Å². The summed E-state index contributed by atoms with van der Waals surface area (Å²) in [7, 11) is 0. The van der Waals surface area contributed by atoms with Gasteiger partial charge in [-0.3, -0.25) is 0 Å². The minimum atomic E-state index is 0.547. The maximum Gasteiger partial charge on any atom is 0.171 e. The standard InChI is InChI=1S/C18H22N2S/c1-13(2)16-8-10-17(11-9-16)20-18(21)19-12-15-6-4-14(3)5-7-15/h4-11,13H,12H2,1-3H3,(H2,19,20,21). The molecule has 2 aromatic rings. The smallest absolute Gasteiger partial charge is 0.171 e. The summed E-state index contributed by atoms with van der Waals surface area (Å²) in [6.07, 6.45) is 0. The Bertz CT molecular complexity index is 586. The third kappa shape index (κ3) is 4.87. The molecule has 0 amide bonds. The van der Waals surface area contributed by atoms with Crippen LogP contribution in [0.1, 0.15) is 36.5 Å². The van der Waals surface area contributed by atoms with Gasteiger partial charge in [0.15, 0.2) is 5.11 Å². The zero-order chi connectivity index (χ0) is 15.2. The molecule has 0 fully saturated rings. The van der Waals surface area contributed by atoms with E-state index in [1.165, 1.54) is 16.7 Å². The van der Waals surface area contributed by atoms with Crippen LogP contribution >= 0.6 is 12.2 Å². The highest BCUT2D eigenvalue weighted by molar-refractivity contribution is 7.80. The van der Waals surface area contributed by atoms with Gasteiger partial charge < -0.3 is 10.6 Å². The number of nitrogens with one attached hydrogen (secondary N) is 2. The Balaban J connectivity index is 1.85. The van der Waals surface area contributed by atoms with Crippen molar-refractivity contribution in [1.82, 2.24) is 5.32 Å². The molecule has 0 bridgehead atoms. The van der Waals surface area contributed by atoms with E-state index in [0.29, 0.717) is 11.0 Å². The van der Waals surface area contributed by atoms with Gasteiger partial charge in [-0.15, -0.1) is 0 Å². The predicted molar refractivity (Wildman–Crippen MR) is 94.8 cm³/mol. The lowest BCUT2D eigenvalue weighted by molar-refractivity contribution is 0.867. The molecule has 0 radical (unpaired) electrons. The molecule has 0 aliphatic heterocycles. The average Bonchev–Trinajstić information content (AvgIpc) is 2.47. The molecule has 2 rings (SSSR count). The van der Waals surface area contributed by atoms with Gasteiger partial charge in [-0.25, -0.2) is 0 Å². The molecule has 21 heavy (non-hydrogen) atoms. The topological polar surface area (TPSA) is 24.1 Å². The molecule has 3 heteroatoms. The fraction of sp³-hybridized carbons (Fsp3) is 0.278. The zero-order valence-electron chi connectivity index (χ0n) is 12.8. The Morgan fingerprint density at radius 2 is 1.62 bits per heavy atom. The van der Waals surface area contributed by atoms with Crippen LogP contribution in [0.4, 0.5) is 5.69 Å². The Hall–Kier alpha value is -1.87. The molecule has 2 N–H and O–H groups in total. The largest absolute Gasteiger partial charge is 0.358 e. The average molecular weight is 298 g/mol. The highest BCUT2D eigenvalue weighted by Gasteiger charge is 2.01. The van der Waals surface area contributed by atoms with E-state index in [-0.39, 0.29) is 0 Å². The number of thiocarbonyl (C=S) groups is 1. The van der Waals surface area contributed by atoms with Crippen LogP contribution in [0.5, 0.6) is 0 Å². The summed E-state index contributed by atoms with van der Waals surface area (Å²) >= 11 is 5.32. The Morgan fingerprint density at radius 1 is 1.00 bits per heavy atom. The van der Waals surface area contributed by atoms with Crippen LogP contribution in [0.3, 0.4) is 0 Å². The number of anilines is 1. The van der Waals surface area contributed by atoms with Crippen molar-refractivity contribution in [2.45, 2.75) is 33.2 Å². The fourth-order valence-electron chi connectivity index (χ4n) is 2.01. The number of hydrogen-bond donors (Lipinski definition) is 2. The zero-order valence-corrected chi connectivity index (χ0v) is 13.6. The second kappa shape index (κ2) is 7.23. The summed E-state index contributed by atoms with van der Waals surface area (Å²) in [5, 5.41) is 7.08. The Kier molecular flexibility index (Phi) is 5.34. The van der Waals surface area contributed by atoms with Crippen LogP contribution < -0.4 is 10.6 Å². The van der Waals surface area contributed by atoms with Gasteiger partial charge in [-0.2, -0.15) is 0 Å². The minimum absolute atomic E-state index is 0.547. The van der Waals surface area contributed by atoms with Crippen molar-refractivity contribution in [3.8, 4) is 0 Å². The molecule has 0 spiro atoms. The van der Waals surface area contributed by atoms with Crippen LogP contribution in [0, 0.1) is 6.92 Å². The summed E-state index contributed by atoms with van der Waals surface area (Å²) in [5.41, 5.74) is 4.84. The van der Waals surface area contributed by atoms with E-state index >= 15 is 0 Å². The molecule has 0 aliphatic carbocycles.